The Hall–Kier alpha value is -1.22. The van der Waals surface area contributed by atoms with Crippen molar-refractivity contribution in [2.24, 2.45) is 5.92 Å². The fourth-order valence-electron chi connectivity index (χ4n) is 2.59. The molecule has 104 valence electrons. The van der Waals surface area contributed by atoms with E-state index >= 15 is 0 Å². The van der Waals surface area contributed by atoms with Gasteiger partial charge in [0, 0.05) is 11.9 Å². The second-order valence-electron chi connectivity index (χ2n) is 5.31. The summed E-state index contributed by atoms with van der Waals surface area (Å²) >= 11 is 6.14. The number of benzene rings is 1. The van der Waals surface area contributed by atoms with Gasteiger partial charge in [-0.1, -0.05) is 18.6 Å². The summed E-state index contributed by atoms with van der Waals surface area (Å²) in [6.45, 7) is 2.42. The van der Waals surface area contributed by atoms with Gasteiger partial charge in [-0.25, -0.2) is 0 Å². The second-order valence-corrected chi connectivity index (χ2v) is 5.93. The highest BCUT2D eigenvalue weighted by Crippen LogP contribution is 2.27. The summed E-state index contributed by atoms with van der Waals surface area (Å²) in [7, 11) is 0. The van der Waals surface area contributed by atoms with Crippen LogP contribution in [-0.4, -0.2) is 22.9 Å². The van der Waals surface area contributed by atoms with Gasteiger partial charge in [-0.2, -0.15) is 0 Å². The number of hydrogen-bond donors (Lipinski definition) is 2. The molecule has 3 nitrogen and oxygen atoms in total. The number of phenolic OH excluding ortho intramolecular Hbond substituents is 1. The fraction of sp³-hybridized carbons (Fsp3) is 0.533. The second kappa shape index (κ2) is 6.29. The highest BCUT2D eigenvalue weighted by Gasteiger charge is 2.21. The van der Waals surface area contributed by atoms with E-state index in [4.69, 9.17) is 11.6 Å². The molecular weight excluding hydrogens is 262 g/mol. The average Bonchev–Trinajstić information content (AvgIpc) is 2.39. The molecule has 0 spiro atoms. The van der Waals surface area contributed by atoms with Gasteiger partial charge in [-0.3, -0.25) is 4.79 Å². The number of rotatable bonds is 3. The number of amides is 1. The number of halogens is 1. The molecule has 0 radical (unpaired) electrons. The molecule has 2 atom stereocenters. The van der Waals surface area contributed by atoms with E-state index in [0.717, 1.165) is 25.7 Å². The van der Waals surface area contributed by atoms with Crippen LogP contribution in [-0.2, 0) is 0 Å². The molecule has 2 rings (SSSR count). The lowest BCUT2D eigenvalue weighted by atomic mass is 9.89. The van der Waals surface area contributed by atoms with E-state index < -0.39 is 0 Å². The van der Waals surface area contributed by atoms with Crippen LogP contribution in [0, 0.1) is 12.8 Å². The van der Waals surface area contributed by atoms with Crippen molar-refractivity contribution in [2.45, 2.75) is 38.0 Å². The molecule has 0 saturated heterocycles. The number of aromatic hydroxyl groups is 1. The van der Waals surface area contributed by atoms with Crippen LogP contribution >= 0.6 is 11.6 Å². The third-order valence-corrected chi connectivity index (χ3v) is 4.15. The molecule has 2 N–H and O–H groups in total. The number of aryl methyl sites for hydroxylation is 1. The summed E-state index contributed by atoms with van der Waals surface area (Å²) in [5.74, 6) is 0.309. The topological polar surface area (TPSA) is 49.3 Å². The van der Waals surface area contributed by atoms with Crippen LogP contribution in [0.15, 0.2) is 18.2 Å². The van der Waals surface area contributed by atoms with E-state index in [1.54, 1.807) is 25.1 Å². The maximum absolute atomic E-state index is 12.0. The number of phenols is 1. The van der Waals surface area contributed by atoms with Crippen LogP contribution < -0.4 is 5.32 Å². The third kappa shape index (κ3) is 3.63. The SMILES string of the molecule is Cc1cccc(C(=O)NCC2CCCC(Cl)C2)c1O. The lowest BCUT2D eigenvalue weighted by molar-refractivity contribution is 0.0941. The zero-order valence-corrected chi connectivity index (χ0v) is 11.9. The molecule has 1 aliphatic carbocycles. The Labute approximate surface area is 119 Å². The number of hydrogen-bond acceptors (Lipinski definition) is 2. The molecule has 1 aromatic carbocycles. The molecule has 0 heterocycles. The van der Waals surface area contributed by atoms with Gasteiger partial charge in [0.1, 0.15) is 5.75 Å². The van der Waals surface area contributed by atoms with E-state index in [2.05, 4.69) is 5.32 Å². The zero-order valence-electron chi connectivity index (χ0n) is 11.2. The van der Waals surface area contributed by atoms with Gasteiger partial charge in [0.05, 0.1) is 5.56 Å². The van der Waals surface area contributed by atoms with Crippen LogP contribution in [0.4, 0.5) is 0 Å². The first-order valence-electron chi connectivity index (χ1n) is 6.78. The maximum Gasteiger partial charge on any atom is 0.255 e. The Kier molecular flexibility index (Phi) is 4.70. The molecule has 4 heteroatoms. The minimum Gasteiger partial charge on any atom is -0.507 e. The van der Waals surface area contributed by atoms with Gasteiger partial charge >= 0.3 is 0 Å². The van der Waals surface area contributed by atoms with E-state index in [-0.39, 0.29) is 17.0 Å². The third-order valence-electron chi connectivity index (χ3n) is 3.75. The van der Waals surface area contributed by atoms with Gasteiger partial charge in [0.25, 0.3) is 5.91 Å². The quantitative estimate of drug-likeness (QED) is 0.836. The van der Waals surface area contributed by atoms with Crippen molar-refractivity contribution in [3.8, 4) is 5.75 Å². The summed E-state index contributed by atoms with van der Waals surface area (Å²) in [6.07, 6.45) is 4.28. The van der Waals surface area contributed by atoms with Gasteiger partial charge in [-0.15, -0.1) is 11.6 Å². The molecule has 0 aromatic heterocycles. The monoisotopic (exact) mass is 281 g/mol. The molecule has 0 aliphatic heterocycles. The largest absolute Gasteiger partial charge is 0.507 e. The molecule has 1 aliphatic rings. The summed E-state index contributed by atoms with van der Waals surface area (Å²) in [4.78, 5) is 12.0. The van der Waals surface area contributed by atoms with Crippen LogP contribution in [0.1, 0.15) is 41.6 Å². The first kappa shape index (κ1) is 14.2. The molecule has 1 amide bonds. The molecule has 0 bridgehead atoms. The Bertz CT molecular complexity index is 461. The number of carbonyl (C=O) groups is 1. The summed E-state index contributed by atoms with van der Waals surface area (Å²) in [6, 6.07) is 5.20. The smallest absolute Gasteiger partial charge is 0.255 e. The molecule has 2 unspecified atom stereocenters. The summed E-state index contributed by atoms with van der Waals surface area (Å²) in [5.41, 5.74) is 1.06. The number of alkyl halides is 1. The van der Waals surface area contributed by atoms with Crippen molar-refractivity contribution in [1.29, 1.82) is 0 Å². The highest BCUT2D eigenvalue weighted by molar-refractivity contribution is 6.20. The molecule has 1 fully saturated rings. The van der Waals surface area contributed by atoms with Crippen LogP contribution in [0.5, 0.6) is 5.75 Å². The Morgan fingerprint density at radius 2 is 2.26 bits per heavy atom. The maximum atomic E-state index is 12.0. The van der Waals surface area contributed by atoms with Crippen molar-refractivity contribution in [3.05, 3.63) is 29.3 Å². The van der Waals surface area contributed by atoms with Crippen LogP contribution in [0.3, 0.4) is 0 Å². The van der Waals surface area contributed by atoms with Crippen molar-refractivity contribution in [3.63, 3.8) is 0 Å². The fourth-order valence-corrected chi connectivity index (χ4v) is 2.99. The predicted molar refractivity (Wildman–Crippen MR) is 76.8 cm³/mol. The predicted octanol–water partition coefficient (Wildman–Crippen LogP) is 3.23. The normalized spacial score (nSPS) is 23.1. The van der Waals surface area contributed by atoms with Gasteiger partial charge in [0.2, 0.25) is 0 Å². The standard InChI is InChI=1S/C15H20ClNO2/c1-10-4-2-7-13(14(10)18)15(19)17-9-11-5-3-6-12(16)8-11/h2,4,7,11-12,18H,3,5-6,8-9H2,1H3,(H,17,19). The van der Waals surface area contributed by atoms with E-state index in [9.17, 15) is 9.90 Å². The first-order chi connectivity index (χ1) is 9.08. The summed E-state index contributed by atoms with van der Waals surface area (Å²) < 4.78 is 0. The van der Waals surface area contributed by atoms with Crippen molar-refractivity contribution < 1.29 is 9.90 Å². The van der Waals surface area contributed by atoms with E-state index in [1.807, 2.05) is 0 Å². The summed E-state index contributed by atoms with van der Waals surface area (Å²) in [5, 5.41) is 13.0. The minimum absolute atomic E-state index is 0.0684. The minimum atomic E-state index is -0.210. The van der Waals surface area contributed by atoms with Crippen LogP contribution in [0.2, 0.25) is 0 Å². The molecule has 1 aromatic rings. The highest BCUT2D eigenvalue weighted by atomic mass is 35.5. The van der Waals surface area contributed by atoms with Crippen molar-refractivity contribution in [1.82, 2.24) is 5.32 Å². The Balaban J connectivity index is 1.92. The first-order valence-corrected chi connectivity index (χ1v) is 7.22. The average molecular weight is 282 g/mol. The van der Waals surface area contributed by atoms with Gasteiger partial charge in [-0.05, 0) is 43.7 Å². The van der Waals surface area contributed by atoms with Crippen LogP contribution in [0.25, 0.3) is 0 Å². The molecule has 19 heavy (non-hydrogen) atoms. The molecule has 1 saturated carbocycles. The lowest BCUT2D eigenvalue weighted by Crippen LogP contribution is -2.32. The molecular formula is C15H20ClNO2. The van der Waals surface area contributed by atoms with Gasteiger partial charge < -0.3 is 10.4 Å². The van der Waals surface area contributed by atoms with Crippen molar-refractivity contribution in [2.75, 3.05) is 6.54 Å². The lowest BCUT2D eigenvalue weighted by Gasteiger charge is -2.25. The Morgan fingerprint density at radius 3 is 3.00 bits per heavy atom. The van der Waals surface area contributed by atoms with E-state index in [0.29, 0.717) is 23.6 Å². The number of carbonyl (C=O) groups excluding carboxylic acids is 1. The van der Waals surface area contributed by atoms with Gasteiger partial charge in [0.15, 0.2) is 0 Å². The Morgan fingerprint density at radius 1 is 1.47 bits per heavy atom. The zero-order chi connectivity index (χ0) is 13.8. The van der Waals surface area contributed by atoms with Crippen molar-refractivity contribution >= 4 is 17.5 Å². The van der Waals surface area contributed by atoms with E-state index in [1.165, 1.54) is 0 Å². The number of nitrogens with one attached hydrogen (secondary N) is 1. The number of para-hydroxylation sites is 1.